The van der Waals surface area contributed by atoms with Crippen LogP contribution in [0, 0.1) is 0 Å². The number of nitrogens with zero attached hydrogens (tertiary/aromatic N) is 2. The van der Waals surface area contributed by atoms with E-state index in [1.807, 2.05) is 13.0 Å². The molecule has 0 bridgehead atoms. The Labute approximate surface area is 146 Å². The van der Waals surface area contributed by atoms with Gasteiger partial charge in [-0.05, 0) is 30.7 Å². The topological polar surface area (TPSA) is 70.8 Å². The van der Waals surface area contributed by atoms with Crippen LogP contribution < -0.4 is 4.90 Å². The van der Waals surface area contributed by atoms with Crippen molar-refractivity contribution in [3.8, 4) is 0 Å². The summed E-state index contributed by atoms with van der Waals surface area (Å²) < 4.78 is 5.32. The summed E-state index contributed by atoms with van der Waals surface area (Å²) in [7, 11) is 0. The lowest BCUT2D eigenvalue weighted by molar-refractivity contribution is -0.139. The molecule has 1 aromatic heterocycles. The standard InChI is InChI=1S/C19H20N2O4/c1-2-7-17(22)20(13-15-10-6-11-25-15)16-12-18(23)21(19(16)24)14-8-4-3-5-9-14/h3-6,8-11,16H,2,7,12-13H2,1H3. The van der Waals surface area contributed by atoms with E-state index in [4.69, 9.17) is 4.42 Å². The van der Waals surface area contributed by atoms with Crippen molar-refractivity contribution in [2.45, 2.75) is 38.8 Å². The van der Waals surface area contributed by atoms with Crippen LogP contribution in [0.4, 0.5) is 5.69 Å². The Bertz CT molecular complexity index is 755. The maximum absolute atomic E-state index is 12.9. The number of carbonyl (C=O) groups is 3. The second-order valence-corrected chi connectivity index (χ2v) is 5.97. The van der Waals surface area contributed by atoms with Crippen LogP contribution in [0.25, 0.3) is 0 Å². The van der Waals surface area contributed by atoms with E-state index in [2.05, 4.69) is 0 Å². The Morgan fingerprint density at radius 2 is 1.96 bits per heavy atom. The van der Waals surface area contributed by atoms with E-state index in [1.54, 1.807) is 36.4 Å². The van der Waals surface area contributed by atoms with Gasteiger partial charge in [-0.3, -0.25) is 14.4 Å². The predicted molar refractivity (Wildman–Crippen MR) is 91.5 cm³/mol. The molecule has 1 unspecified atom stereocenters. The van der Waals surface area contributed by atoms with Crippen molar-refractivity contribution in [2.75, 3.05) is 4.90 Å². The highest BCUT2D eigenvalue weighted by Crippen LogP contribution is 2.27. The molecule has 0 saturated carbocycles. The first-order valence-corrected chi connectivity index (χ1v) is 8.35. The van der Waals surface area contributed by atoms with Gasteiger partial charge in [-0.1, -0.05) is 25.1 Å². The van der Waals surface area contributed by atoms with E-state index in [0.29, 0.717) is 24.3 Å². The van der Waals surface area contributed by atoms with E-state index in [-0.39, 0.29) is 30.7 Å². The number of imide groups is 1. The number of rotatable bonds is 6. The zero-order valence-corrected chi connectivity index (χ0v) is 14.1. The fourth-order valence-corrected chi connectivity index (χ4v) is 3.01. The van der Waals surface area contributed by atoms with Gasteiger partial charge < -0.3 is 9.32 Å². The molecular formula is C19H20N2O4. The van der Waals surface area contributed by atoms with Gasteiger partial charge in [0.2, 0.25) is 11.8 Å². The Morgan fingerprint density at radius 1 is 1.20 bits per heavy atom. The zero-order chi connectivity index (χ0) is 17.8. The SMILES string of the molecule is CCCC(=O)N(Cc1ccco1)C1CC(=O)N(c2ccccc2)C1=O. The van der Waals surface area contributed by atoms with Crippen LogP contribution in [0.1, 0.15) is 31.9 Å². The van der Waals surface area contributed by atoms with E-state index >= 15 is 0 Å². The van der Waals surface area contributed by atoms with Gasteiger partial charge in [0.1, 0.15) is 11.8 Å². The summed E-state index contributed by atoms with van der Waals surface area (Å²) in [4.78, 5) is 40.5. The first-order valence-electron chi connectivity index (χ1n) is 8.35. The minimum absolute atomic E-state index is 0.0100. The van der Waals surface area contributed by atoms with Crippen molar-refractivity contribution in [3.63, 3.8) is 0 Å². The predicted octanol–water partition coefficient (Wildman–Crippen LogP) is 2.74. The van der Waals surface area contributed by atoms with Crippen LogP contribution in [-0.2, 0) is 20.9 Å². The summed E-state index contributed by atoms with van der Waals surface area (Å²) in [6.07, 6.45) is 2.51. The molecule has 130 valence electrons. The monoisotopic (exact) mass is 340 g/mol. The van der Waals surface area contributed by atoms with Crippen molar-refractivity contribution >= 4 is 23.4 Å². The van der Waals surface area contributed by atoms with Crippen LogP contribution in [0.5, 0.6) is 0 Å². The second-order valence-electron chi connectivity index (χ2n) is 5.97. The fraction of sp³-hybridized carbons (Fsp3) is 0.316. The summed E-state index contributed by atoms with van der Waals surface area (Å²) in [6.45, 7) is 2.08. The highest BCUT2D eigenvalue weighted by atomic mass is 16.3. The molecule has 2 heterocycles. The molecule has 1 aliphatic heterocycles. The molecule has 1 aliphatic rings. The van der Waals surface area contributed by atoms with Gasteiger partial charge in [0.15, 0.2) is 0 Å². The van der Waals surface area contributed by atoms with Gasteiger partial charge in [-0.15, -0.1) is 0 Å². The van der Waals surface area contributed by atoms with Crippen molar-refractivity contribution in [1.29, 1.82) is 0 Å². The summed E-state index contributed by atoms with van der Waals surface area (Å²) in [6, 6.07) is 11.5. The van der Waals surface area contributed by atoms with E-state index in [0.717, 1.165) is 0 Å². The van der Waals surface area contributed by atoms with Crippen molar-refractivity contribution < 1.29 is 18.8 Å². The van der Waals surface area contributed by atoms with Gasteiger partial charge in [0, 0.05) is 6.42 Å². The lowest BCUT2D eigenvalue weighted by Gasteiger charge is -2.26. The normalized spacial score (nSPS) is 17.2. The molecule has 0 spiro atoms. The lowest BCUT2D eigenvalue weighted by Crippen LogP contribution is -2.45. The van der Waals surface area contributed by atoms with E-state index in [1.165, 1.54) is 16.1 Å². The van der Waals surface area contributed by atoms with Crippen LogP contribution in [0.15, 0.2) is 53.1 Å². The number of furan rings is 1. The molecule has 6 nitrogen and oxygen atoms in total. The molecule has 0 radical (unpaired) electrons. The molecule has 6 heteroatoms. The molecule has 2 aromatic rings. The average Bonchev–Trinajstić information content (AvgIpc) is 3.21. The Kier molecular flexibility index (Phi) is 4.97. The first-order chi connectivity index (χ1) is 12.1. The molecule has 1 aromatic carbocycles. The largest absolute Gasteiger partial charge is 0.467 e. The molecule has 1 atom stereocenters. The summed E-state index contributed by atoms with van der Waals surface area (Å²) >= 11 is 0. The average molecular weight is 340 g/mol. The summed E-state index contributed by atoms with van der Waals surface area (Å²) in [5.41, 5.74) is 0.529. The number of carbonyl (C=O) groups excluding carboxylic acids is 3. The third-order valence-corrected chi connectivity index (χ3v) is 4.20. The Hall–Kier alpha value is -2.89. The van der Waals surface area contributed by atoms with E-state index < -0.39 is 6.04 Å². The number of anilines is 1. The highest BCUT2D eigenvalue weighted by Gasteiger charge is 2.44. The highest BCUT2D eigenvalue weighted by molar-refractivity contribution is 6.23. The molecule has 0 aliphatic carbocycles. The zero-order valence-electron chi connectivity index (χ0n) is 14.1. The second kappa shape index (κ2) is 7.34. The minimum Gasteiger partial charge on any atom is -0.467 e. The molecule has 1 fully saturated rings. The number of benzene rings is 1. The lowest BCUT2D eigenvalue weighted by atomic mass is 10.1. The van der Waals surface area contributed by atoms with Crippen LogP contribution >= 0.6 is 0 Å². The number of hydrogen-bond donors (Lipinski definition) is 0. The van der Waals surface area contributed by atoms with Gasteiger partial charge in [-0.2, -0.15) is 0 Å². The molecule has 1 saturated heterocycles. The number of para-hydroxylation sites is 1. The van der Waals surface area contributed by atoms with Crippen LogP contribution in [0.2, 0.25) is 0 Å². The molecule has 3 rings (SSSR count). The molecule has 3 amide bonds. The van der Waals surface area contributed by atoms with Crippen molar-refractivity contribution in [2.24, 2.45) is 0 Å². The van der Waals surface area contributed by atoms with Gasteiger partial charge in [-0.25, -0.2) is 4.90 Å². The molecule has 25 heavy (non-hydrogen) atoms. The summed E-state index contributed by atoms with van der Waals surface area (Å²) in [5.74, 6) is -0.232. The van der Waals surface area contributed by atoms with Crippen molar-refractivity contribution in [3.05, 3.63) is 54.5 Å². The van der Waals surface area contributed by atoms with Crippen molar-refractivity contribution in [1.82, 2.24) is 4.90 Å². The third-order valence-electron chi connectivity index (χ3n) is 4.20. The fourth-order valence-electron chi connectivity index (χ4n) is 3.01. The first kappa shape index (κ1) is 17.0. The van der Waals surface area contributed by atoms with Gasteiger partial charge in [0.05, 0.1) is 24.9 Å². The minimum atomic E-state index is -0.795. The van der Waals surface area contributed by atoms with Crippen LogP contribution in [-0.4, -0.2) is 28.7 Å². The smallest absolute Gasteiger partial charge is 0.257 e. The Balaban J connectivity index is 1.87. The van der Waals surface area contributed by atoms with Gasteiger partial charge in [0.25, 0.3) is 5.91 Å². The number of hydrogen-bond acceptors (Lipinski definition) is 4. The number of amides is 3. The Morgan fingerprint density at radius 3 is 2.60 bits per heavy atom. The molecule has 0 N–H and O–H groups in total. The van der Waals surface area contributed by atoms with Gasteiger partial charge >= 0.3 is 0 Å². The third kappa shape index (κ3) is 3.47. The quantitative estimate of drug-likeness (QED) is 0.758. The maximum Gasteiger partial charge on any atom is 0.257 e. The molecular weight excluding hydrogens is 320 g/mol. The van der Waals surface area contributed by atoms with E-state index in [9.17, 15) is 14.4 Å². The maximum atomic E-state index is 12.9. The summed E-state index contributed by atoms with van der Waals surface area (Å²) in [5, 5.41) is 0. The van der Waals surface area contributed by atoms with Crippen LogP contribution in [0.3, 0.4) is 0 Å².